The van der Waals surface area contributed by atoms with Crippen LogP contribution in [-0.4, -0.2) is 83.8 Å². The summed E-state index contributed by atoms with van der Waals surface area (Å²) in [4.78, 5) is 25.4. The summed E-state index contributed by atoms with van der Waals surface area (Å²) >= 11 is 2.84. The molecule has 0 aliphatic carbocycles. The third-order valence-corrected chi connectivity index (χ3v) is 5.33. The first-order chi connectivity index (χ1) is 10.1. The van der Waals surface area contributed by atoms with Crippen LogP contribution in [0.5, 0.6) is 0 Å². The summed E-state index contributed by atoms with van der Waals surface area (Å²) in [5, 5.41) is 12.0. The van der Waals surface area contributed by atoms with E-state index in [9.17, 15) is 9.59 Å². The summed E-state index contributed by atoms with van der Waals surface area (Å²) < 4.78 is 5.19. The van der Waals surface area contributed by atoms with Crippen LogP contribution < -0.4 is 5.32 Å². The molecule has 0 spiro atoms. The Kier molecular flexibility index (Phi) is 9.14. The van der Waals surface area contributed by atoms with Crippen molar-refractivity contribution >= 4 is 35.3 Å². The van der Waals surface area contributed by atoms with Gasteiger partial charge in [0.05, 0.1) is 31.3 Å². The second kappa shape index (κ2) is 10.3. The van der Waals surface area contributed by atoms with Crippen molar-refractivity contribution in [1.82, 2.24) is 10.2 Å². The van der Waals surface area contributed by atoms with Crippen molar-refractivity contribution in [2.24, 2.45) is 0 Å². The number of nitrogens with one attached hydrogen (secondary N) is 1. The highest BCUT2D eigenvalue weighted by Crippen LogP contribution is 2.11. The fourth-order valence-corrected chi connectivity index (χ4v) is 3.31. The summed E-state index contributed by atoms with van der Waals surface area (Å²) in [5.41, 5.74) is 0. The molecule has 21 heavy (non-hydrogen) atoms. The fraction of sp³-hybridized carbons (Fsp3) is 0.846. The van der Waals surface area contributed by atoms with Crippen molar-refractivity contribution in [2.45, 2.75) is 18.2 Å². The Labute approximate surface area is 134 Å². The van der Waals surface area contributed by atoms with Gasteiger partial charge in [-0.05, 0) is 13.2 Å². The highest BCUT2D eigenvalue weighted by Gasteiger charge is 2.19. The molecule has 0 aromatic rings. The fourth-order valence-electron chi connectivity index (χ4n) is 1.96. The Hall–Kier alpha value is -0.440. The van der Waals surface area contributed by atoms with Crippen LogP contribution in [-0.2, 0) is 14.3 Å². The van der Waals surface area contributed by atoms with Gasteiger partial charge in [-0.1, -0.05) is 0 Å². The van der Waals surface area contributed by atoms with Crippen LogP contribution in [0, 0.1) is 0 Å². The van der Waals surface area contributed by atoms with Crippen LogP contribution in [0.15, 0.2) is 0 Å². The Balaban J connectivity index is 2.19. The number of hydrogen-bond donors (Lipinski definition) is 2. The first kappa shape index (κ1) is 18.6. The van der Waals surface area contributed by atoms with E-state index in [1.807, 2.05) is 13.2 Å². The van der Waals surface area contributed by atoms with Crippen LogP contribution in [0.1, 0.15) is 6.92 Å². The predicted molar refractivity (Wildman–Crippen MR) is 86.7 cm³/mol. The average Bonchev–Trinajstić information content (AvgIpc) is 2.49. The molecule has 122 valence electrons. The zero-order valence-electron chi connectivity index (χ0n) is 12.5. The van der Waals surface area contributed by atoms with Crippen molar-refractivity contribution in [3.05, 3.63) is 0 Å². The second-order valence-corrected chi connectivity index (χ2v) is 6.86. The first-order valence-corrected chi connectivity index (χ1v) is 9.39. The predicted octanol–water partition coefficient (Wildman–Crippen LogP) is -0.193. The third-order valence-electron chi connectivity index (χ3n) is 3.25. The molecule has 0 aromatic carbocycles. The van der Waals surface area contributed by atoms with E-state index in [0.29, 0.717) is 32.1 Å². The molecule has 1 saturated heterocycles. The van der Waals surface area contributed by atoms with E-state index in [-0.39, 0.29) is 35.5 Å². The van der Waals surface area contributed by atoms with Crippen molar-refractivity contribution in [2.75, 3.05) is 50.7 Å². The normalized spacial score (nSPS) is 18.1. The largest absolute Gasteiger partial charge is 0.395 e. The average molecular weight is 336 g/mol. The highest BCUT2D eigenvalue weighted by molar-refractivity contribution is 8.00. The van der Waals surface area contributed by atoms with Gasteiger partial charge in [0.15, 0.2) is 0 Å². The van der Waals surface area contributed by atoms with Crippen LogP contribution in [0.25, 0.3) is 0 Å². The number of carbonyl (C=O) groups excluding carboxylic acids is 2. The summed E-state index contributed by atoms with van der Waals surface area (Å²) in [5.74, 6) is 0.525. The molecule has 2 unspecified atom stereocenters. The number of carbonyl (C=O) groups is 2. The summed E-state index contributed by atoms with van der Waals surface area (Å²) in [7, 11) is 0. The standard InChI is InChI=1S/C13H24N2O4S2/c1-10(11(7-16)20-2)14-12(17)8-21-9-13(18)15-3-5-19-6-4-15/h10-11,16H,3-9H2,1-2H3,(H,14,17). The molecule has 0 aromatic heterocycles. The molecule has 1 heterocycles. The smallest absolute Gasteiger partial charge is 0.232 e. The summed E-state index contributed by atoms with van der Waals surface area (Å²) in [6, 6.07) is -0.0898. The molecular weight excluding hydrogens is 312 g/mol. The second-order valence-electron chi connectivity index (χ2n) is 4.80. The van der Waals surface area contributed by atoms with Gasteiger partial charge in [-0.2, -0.15) is 11.8 Å². The van der Waals surface area contributed by atoms with E-state index in [0.717, 1.165) is 0 Å². The maximum absolute atomic E-state index is 11.9. The Bertz CT molecular complexity index is 334. The monoisotopic (exact) mass is 336 g/mol. The van der Waals surface area contributed by atoms with Gasteiger partial charge in [-0.3, -0.25) is 9.59 Å². The van der Waals surface area contributed by atoms with Crippen LogP contribution in [0.3, 0.4) is 0 Å². The Morgan fingerprint density at radius 2 is 2.00 bits per heavy atom. The van der Waals surface area contributed by atoms with Crippen molar-refractivity contribution < 1.29 is 19.4 Å². The molecular formula is C13H24N2O4S2. The molecule has 2 amide bonds. The Morgan fingerprint density at radius 1 is 1.33 bits per heavy atom. The minimum atomic E-state index is -0.102. The van der Waals surface area contributed by atoms with Gasteiger partial charge in [0.2, 0.25) is 11.8 Å². The van der Waals surface area contributed by atoms with Gasteiger partial charge in [0, 0.05) is 24.4 Å². The summed E-state index contributed by atoms with van der Waals surface area (Å²) in [6.07, 6.45) is 1.90. The van der Waals surface area contributed by atoms with Gasteiger partial charge in [-0.15, -0.1) is 11.8 Å². The number of rotatable bonds is 8. The molecule has 0 radical (unpaired) electrons. The number of aliphatic hydroxyl groups is 1. The molecule has 1 fully saturated rings. The molecule has 8 heteroatoms. The zero-order valence-corrected chi connectivity index (χ0v) is 14.2. The summed E-state index contributed by atoms with van der Waals surface area (Å²) in [6.45, 7) is 4.35. The topological polar surface area (TPSA) is 78.9 Å². The lowest BCUT2D eigenvalue weighted by Crippen LogP contribution is -2.43. The van der Waals surface area contributed by atoms with Gasteiger partial charge in [0.1, 0.15) is 0 Å². The van der Waals surface area contributed by atoms with E-state index in [4.69, 9.17) is 9.84 Å². The lowest BCUT2D eigenvalue weighted by molar-refractivity contribution is -0.132. The molecule has 6 nitrogen and oxygen atoms in total. The third kappa shape index (κ3) is 6.90. The van der Waals surface area contributed by atoms with Crippen LogP contribution in [0.4, 0.5) is 0 Å². The maximum atomic E-state index is 11.9. The maximum Gasteiger partial charge on any atom is 0.232 e. The lowest BCUT2D eigenvalue weighted by Gasteiger charge is -2.26. The number of thioether (sulfide) groups is 2. The van der Waals surface area contributed by atoms with Crippen molar-refractivity contribution in [1.29, 1.82) is 0 Å². The number of morpholine rings is 1. The van der Waals surface area contributed by atoms with Crippen LogP contribution in [0.2, 0.25) is 0 Å². The number of nitrogens with zero attached hydrogens (tertiary/aromatic N) is 1. The number of hydrogen-bond acceptors (Lipinski definition) is 6. The van der Waals surface area contributed by atoms with Gasteiger partial charge in [0.25, 0.3) is 0 Å². The highest BCUT2D eigenvalue weighted by atomic mass is 32.2. The van der Waals surface area contributed by atoms with E-state index in [2.05, 4.69) is 5.32 Å². The van der Waals surface area contributed by atoms with Crippen LogP contribution >= 0.6 is 23.5 Å². The van der Waals surface area contributed by atoms with Crippen molar-refractivity contribution in [3.63, 3.8) is 0 Å². The van der Waals surface area contributed by atoms with E-state index in [1.54, 1.807) is 4.90 Å². The van der Waals surface area contributed by atoms with Gasteiger partial charge in [-0.25, -0.2) is 0 Å². The quantitative estimate of drug-likeness (QED) is 0.639. The number of amides is 2. The number of aliphatic hydroxyl groups excluding tert-OH is 1. The van der Waals surface area contributed by atoms with Gasteiger partial charge < -0.3 is 20.1 Å². The molecule has 2 N–H and O–H groups in total. The molecule has 2 atom stereocenters. The molecule has 1 rings (SSSR count). The SMILES string of the molecule is CSC(CO)C(C)NC(=O)CSCC(=O)N1CCOCC1. The molecule has 0 bridgehead atoms. The lowest BCUT2D eigenvalue weighted by atomic mass is 10.2. The zero-order chi connectivity index (χ0) is 15.7. The Morgan fingerprint density at radius 3 is 2.57 bits per heavy atom. The van der Waals surface area contributed by atoms with E-state index < -0.39 is 0 Å². The molecule has 0 saturated carbocycles. The minimum absolute atomic E-state index is 0.00562. The van der Waals surface area contributed by atoms with Gasteiger partial charge >= 0.3 is 0 Å². The molecule has 1 aliphatic heterocycles. The minimum Gasteiger partial charge on any atom is -0.395 e. The number of ether oxygens (including phenoxy) is 1. The first-order valence-electron chi connectivity index (χ1n) is 6.94. The van der Waals surface area contributed by atoms with Crippen molar-refractivity contribution in [3.8, 4) is 0 Å². The van der Waals surface area contributed by atoms with E-state index >= 15 is 0 Å². The van der Waals surface area contributed by atoms with E-state index in [1.165, 1.54) is 23.5 Å². The molecule has 1 aliphatic rings.